The number of fused-ring (bicyclic) bond motifs is 1. The molecule has 1 aromatic heterocycles. The van der Waals surface area contributed by atoms with Crippen LogP contribution in [0, 0.1) is 0 Å². The molecule has 0 spiro atoms. The number of rotatable bonds is 4. The Kier molecular flexibility index (Phi) is 5.49. The van der Waals surface area contributed by atoms with Crippen LogP contribution in [0.5, 0.6) is 0 Å². The number of benzene rings is 1. The van der Waals surface area contributed by atoms with Gasteiger partial charge < -0.3 is 21.6 Å². The fraction of sp³-hybridized carbons (Fsp3) is 0.143. The molecule has 6 N–H and O–H groups in total. The molecule has 2 rings (SSSR count). The lowest BCUT2D eigenvalue weighted by atomic mass is 10.1. The number of hydrogen-bond donors (Lipinski definition) is 4. The molecular formula is C14H17N3O3. The third-order valence-electron chi connectivity index (χ3n) is 2.63. The monoisotopic (exact) mass is 275 g/mol. The average molecular weight is 275 g/mol. The molecule has 0 radical (unpaired) electrons. The zero-order valence-electron chi connectivity index (χ0n) is 10.9. The Morgan fingerprint density at radius 1 is 1.40 bits per heavy atom. The Bertz CT molecular complexity index is 619. The van der Waals surface area contributed by atoms with Crippen LogP contribution in [-0.2, 0) is 16.0 Å². The summed E-state index contributed by atoms with van der Waals surface area (Å²) in [6, 6.07) is 6.91. The summed E-state index contributed by atoms with van der Waals surface area (Å²) in [6.45, 7) is 3.09. The lowest BCUT2D eigenvalue weighted by molar-refractivity contribution is -0.138. The second kappa shape index (κ2) is 7.10. The maximum atomic E-state index is 10.6. The molecule has 1 atom stereocenters. The Hall–Kier alpha value is -2.60. The van der Waals surface area contributed by atoms with Crippen LogP contribution in [0.25, 0.3) is 10.9 Å². The van der Waals surface area contributed by atoms with Crippen molar-refractivity contribution in [2.75, 3.05) is 0 Å². The third kappa shape index (κ3) is 4.25. The number of nitrogens with one attached hydrogen (secondary N) is 1. The topological polar surface area (TPSA) is 122 Å². The maximum Gasteiger partial charge on any atom is 0.320 e. The highest BCUT2D eigenvalue weighted by molar-refractivity contribution is 5.85. The first-order chi connectivity index (χ1) is 9.45. The van der Waals surface area contributed by atoms with Crippen LogP contribution in [0.15, 0.2) is 43.1 Å². The maximum absolute atomic E-state index is 10.6. The molecule has 0 fully saturated rings. The fourth-order valence-corrected chi connectivity index (χ4v) is 1.62. The second-order valence-electron chi connectivity index (χ2n) is 4.11. The van der Waals surface area contributed by atoms with Crippen molar-refractivity contribution in [1.29, 1.82) is 0 Å². The van der Waals surface area contributed by atoms with Gasteiger partial charge in [-0.25, -0.2) is 0 Å². The number of carboxylic acid groups (broad SMARTS) is 1. The van der Waals surface area contributed by atoms with Gasteiger partial charge in [0.2, 0.25) is 5.91 Å². The Labute approximate surface area is 116 Å². The van der Waals surface area contributed by atoms with Crippen molar-refractivity contribution in [2.45, 2.75) is 12.5 Å². The number of amides is 1. The van der Waals surface area contributed by atoms with Gasteiger partial charge in [-0.05, 0) is 17.7 Å². The Balaban J connectivity index is 0.000000347. The number of nitrogens with two attached hydrogens (primary N) is 2. The van der Waals surface area contributed by atoms with E-state index in [1.807, 2.05) is 30.5 Å². The summed E-state index contributed by atoms with van der Waals surface area (Å²) in [7, 11) is 0. The summed E-state index contributed by atoms with van der Waals surface area (Å²) in [4.78, 5) is 23.2. The number of H-pyrrole nitrogens is 1. The molecule has 0 bridgehead atoms. The Morgan fingerprint density at radius 2 is 2.00 bits per heavy atom. The van der Waals surface area contributed by atoms with Gasteiger partial charge in [0.05, 0.1) is 0 Å². The van der Waals surface area contributed by atoms with Crippen molar-refractivity contribution in [3.63, 3.8) is 0 Å². The van der Waals surface area contributed by atoms with E-state index in [2.05, 4.69) is 17.3 Å². The number of carboxylic acids is 1. The van der Waals surface area contributed by atoms with E-state index in [0.29, 0.717) is 6.42 Å². The van der Waals surface area contributed by atoms with Crippen LogP contribution >= 0.6 is 0 Å². The minimum Gasteiger partial charge on any atom is -0.480 e. The van der Waals surface area contributed by atoms with Crippen molar-refractivity contribution in [3.05, 3.63) is 48.7 Å². The number of aliphatic carboxylic acids is 1. The number of aromatic amines is 1. The van der Waals surface area contributed by atoms with Gasteiger partial charge in [-0.3, -0.25) is 9.59 Å². The van der Waals surface area contributed by atoms with Crippen molar-refractivity contribution in [1.82, 2.24) is 4.98 Å². The molecule has 1 aromatic carbocycles. The number of carbonyl (C=O) groups is 2. The number of para-hydroxylation sites is 1. The van der Waals surface area contributed by atoms with Gasteiger partial charge in [0, 0.05) is 23.5 Å². The molecule has 6 heteroatoms. The minimum absolute atomic E-state index is 0.347. The van der Waals surface area contributed by atoms with E-state index >= 15 is 0 Å². The summed E-state index contributed by atoms with van der Waals surface area (Å²) in [6.07, 6.45) is 3.22. The largest absolute Gasteiger partial charge is 0.480 e. The first kappa shape index (κ1) is 15.5. The van der Waals surface area contributed by atoms with Crippen molar-refractivity contribution >= 4 is 22.8 Å². The van der Waals surface area contributed by atoms with Gasteiger partial charge in [-0.2, -0.15) is 0 Å². The normalized spacial score (nSPS) is 11.2. The summed E-state index contributed by atoms with van der Waals surface area (Å²) < 4.78 is 0. The molecule has 20 heavy (non-hydrogen) atoms. The lowest BCUT2D eigenvalue weighted by Gasteiger charge is -2.04. The zero-order valence-corrected chi connectivity index (χ0v) is 10.9. The number of carbonyl (C=O) groups excluding carboxylic acids is 1. The highest BCUT2D eigenvalue weighted by atomic mass is 16.4. The van der Waals surface area contributed by atoms with E-state index in [-0.39, 0.29) is 0 Å². The van der Waals surface area contributed by atoms with E-state index in [1.54, 1.807) is 0 Å². The molecule has 0 unspecified atom stereocenters. The molecule has 0 aliphatic rings. The molecule has 6 nitrogen and oxygen atoms in total. The van der Waals surface area contributed by atoms with E-state index in [9.17, 15) is 9.59 Å². The van der Waals surface area contributed by atoms with Crippen LogP contribution in [0.2, 0.25) is 0 Å². The van der Waals surface area contributed by atoms with Crippen molar-refractivity contribution < 1.29 is 14.7 Å². The average Bonchev–Trinajstić information content (AvgIpc) is 2.83. The van der Waals surface area contributed by atoms with Crippen molar-refractivity contribution in [3.8, 4) is 0 Å². The molecule has 0 aliphatic heterocycles. The molecule has 0 saturated carbocycles. The number of aromatic nitrogens is 1. The highest BCUT2D eigenvalue weighted by Gasteiger charge is 2.14. The van der Waals surface area contributed by atoms with Gasteiger partial charge in [0.15, 0.2) is 0 Å². The van der Waals surface area contributed by atoms with Crippen LogP contribution in [0.4, 0.5) is 0 Å². The van der Waals surface area contributed by atoms with E-state index in [0.717, 1.165) is 22.5 Å². The molecular weight excluding hydrogens is 258 g/mol. The van der Waals surface area contributed by atoms with E-state index in [1.165, 1.54) is 0 Å². The van der Waals surface area contributed by atoms with Crippen LogP contribution in [0.3, 0.4) is 0 Å². The molecule has 0 aliphatic carbocycles. The van der Waals surface area contributed by atoms with E-state index in [4.69, 9.17) is 10.8 Å². The smallest absolute Gasteiger partial charge is 0.320 e. The zero-order chi connectivity index (χ0) is 15.1. The summed E-state index contributed by atoms with van der Waals surface area (Å²) >= 11 is 0. The standard InChI is InChI=1S/C11H12N2O2.C3H5NO/c12-9(11(14)15)5-7-6-13-10-4-2-1-3-8(7)10;1-2-3(4)5/h1-4,6,9,13H,5,12H2,(H,14,15);2H,1H2,(H2,4,5)/t9-;/m1./s1. The van der Waals surface area contributed by atoms with Gasteiger partial charge in [0.25, 0.3) is 0 Å². The summed E-state index contributed by atoms with van der Waals surface area (Å²) in [5.74, 6) is -1.45. The van der Waals surface area contributed by atoms with Gasteiger partial charge in [-0.1, -0.05) is 24.8 Å². The number of hydrogen-bond acceptors (Lipinski definition) is 3. The lowest BCUT2D eigenvalue weighted by Crippen LogP contribution is -2.32. The summed E-state index contributed by atoms with van der Waals surface area (Å²) in [5.41, 5.74) is 12.0. The molecule has 2 aromatic rings. The highest BCUT2D eigenvalue weighted by Crippen LogP contribution is 2.18. The first-order valence-corrected chi connectivity index (χ1v) is 5.91. The van der Waals surface area contributed by atoms with Gasteiger partial charge in [-0.15, -0.1) is 0 Å². The Morgan fingerprint density at radius 3 is 2.55 bits per heavy atom. The van der Waals surface area contributed by atoms with Crippen LogP contribution in [-0.4, -0.2) is 28.0 Å². The summed E-state index contributed by atoms with van der Waals surface area (Å²) in [5, 5.41) is 9.75. The predicted molar refractivity (Wildman–Crippen MR) is 77.0 cm³/mol. The van der Waals surface area contributed by atoms with Gasteiger partial charge in [0.1, 0.15) is 6.04 Å². The number of primary amides is 1. The van der Waals surface area contributed by atoms with E-state index < -0.39 is 17.9 Å². The molecule has 1 amide bonds. The van der Waals surface area contributed by atoms with Crippen molar-refractivity contribution in [2.24, 2.45) is 11.5 Å². The SMILES string of the molecule is C=CC(N)=O.N[C@H](Cc1c[nH]c2ccccc12)C(=O)O. The predicted octanol–water partition coefficient (Wildman–Crippen LogP) is 0.780. The van der Waals surface area contributed by atoms with Crippen LogP contribution in [0.1, 0.15) is 5.56 Å². The molecule has 0 saturated heterocycles. The second-order valence-corrected chi connectivity index (χ2v) is 4.11. The molecule has 1 heterocycles. The van der Waals surface area contributed by atoms with Crippen LogP contribution < -0.4 is 11.5 Å². The van der Waals surface area contributed by atoms with Gasteiger partial charge >= 0.3 is 5.97 Å². The quantitative estimate of drug-likeness (QED) is 0.616. The third-order valence-corrected chi connectivity index (χ3v) is 2.63. The molecule has 106 valence electrons. The minimum atomic E-state index is -0.972. The first-order valence-electron chi connectivity index (χ1n) is 5.91. The fourth-order valence-electron chi connectivity index (χ4n) is 1.62.